The van der Waals surface area contributed by atoms with Crippen molar-refractivity contribution in [3.63, 3.8) is 0 Å². The zero-order valence-corrected chi connectivity index (χ0v) is 10.4. The van der Waals surface area contributed by atoms with Crippen LogP contribution in [0.1, 0.15) is 19.4 Å². The van der Waals surface area contributed by atoms with Gasteiger partial charge in [0.15, 0.2) is 0 Å². The molecule has 0 spiro atoms. The maximum absolute atomic E-state index is 13.2. The molecule has 0 unspecified atom stereocenters. The van der Waals surface area contributed by atoms with Crippen LogP contribution in [-0.2, 0) is 11.2 Å². The summed E-state index contributed by atoms with van der Waals surface area (Å²) in [6.45, 7) is 3.33. The van der Waals surface area contributed by atoms with E-state index in [0.717, 1.165) is 5.56 Å². The Kier molecular flexibility index (Phi) is 3.97. The van der Waals surface area contributed by atoms with Crippen LogP contribution in [0.5, 0.6) is 0 Å². The van der Waals surface area contributed by atoms with E-state index in [1.54, 1.807) is 32.2 Å². The molecule has 0 amide bonds. The van der Waals surface area contributed by atoms with Gasteiger partial charge in [0.25, 0.3) is 0 Å². The average Bonchev–Trinajstić information content (AvgIpc) is 2.20. The fourth-order valence-electron chi connectivity index (χ4n) is 1.40. The number of hydrogen-bond donors (Lipinski definition) is 1. The maximum Gasteiger partial charge on any atom is 0.309 e. The Morgan fingerprint density at radius 2 is 2.12 bits per heavy atom. The van der Waals surface area contributed by atoms with E-state index >= 15 is 0 Å². The van der Waals surface area contributed by atoms with Gasteiger partial charge in [0.05, 0.1) is 5.41 Å². The van der Waals surface area contributed by atoms with Gasteiger partial charge < -0.3 is 5.11 Å². The van der Waals surface area contributed by atoms with Gasteiger partial charge in [0, 0.05) is 4.90 Å². The van der Waals surface area contributed by atoms with Gasteiger partial charge in [-0.3, -0.25) is 4.79 Å². The van der Waals surface area contributed by atoms with Crippen molar-refractivity contribution in [3.8, 4) is 0 Å². The van der Waals surface area contributed by atoms with Crippen molar-refractivity contribution in [1.29, 1.82) is 0 Å². The molecule has 1 N–H and O–H groups in total. The van der Waals surface area contributed by atoms with Crippen molar-refractivity contribution in [2.24, 2.45) is 5.41 Å². The monoisotopic (exact) mass is 242 g/mol. The van der Waals surface area contributed by atoms with Gasteiger partial charge >= 0.3 is 5.97 Å². The van der Waals surface area contributed by atoms with Crippen molar-refractivity contribution in [3.05, 3.63) is 29.6 Å². The lowest BCUT2D eigenvalue weighted by atomic mass is 9.86. The van der Waals surface area contributed by atoms with Crippen molar-refractivity contribution in [2.75, 3.05) is 6.26 Å². The second-order valence-corrected chi connectivity index (χ2v) is 5.18. The first-order valence-corrected chi connectivity index (χ1v) is 6.15. The fraction of sp³-hybridized carbons (Fsp3) is 0.417. The molecule has 1 rings (SSSR count). The molecular formula is C12H15FO2S. The summed E-state index contributed by atoms with van der Waals surface area (Å²) in [7, 11) is 0. The number of carbonyl (C=O) groups is 1. The number of benzene rings is 1. The highest BCUT2D eigenvalue weighted by Crippen LogP contribution is 2.26. The molecule has 0 saturated carbocycles. The molecule has 0 atom stereocenters. The van der Waals surface area contributed by atoms with E-state index in [9.17, 15) is 9.18 Å². The van der Waals surface area contributed by atoms with E-state index in [4.69, 9.17) is 5.11 Å². The Labute approximate surface area is 98.9 Å². The van der Waals surface area contributed by atoms with E-state index in [0.29, 0.717) is 11.3 Å². The average molecular weight is 242 g/mol. The summed E-state index contributed by atoms with van der Waals surface area (Å²) in [6.07, 6.45) is 2.20. The SMILES string of the molecule is CSc1cc(CC(C)(C)C(=O)O)ccc1F. The summed E-state index contributed by atoms with van der Waals surface area (Å²) in [5.41, 5.74) is 0.0196. The predicted octanol–water partition coefficient (Wildman–Crippen LogP) is 3.20. The molecule has 0 fully saturated rings. The number of hydrogen-bond acceptors (Lipinski definition) is 2. The van der Waals surface area contributed by atoms with Crippen molar-refractivity contribution < 1.29 is 14.3 Å². The lowest BCUT2D eigenvalue weighted by Crippen LogP contribution is -2.26. The van der Waals surface area contributed by atoms with Gasteiger partial charge in [-0.05, 0) is 44.2 Å². The van der Waals surface area contributed by atoms with E-state index in [1.807, 2.05) is 0 Å². The number of carboxylic acids is 1. The first-order chi connectivity index (χ1) is 7.36. The minimum absolute atomic E-state index is 0.260. The van der Waals surface area contributed by atoms with E-state index in [1.165, 1.54) is 17.8 Å². The number of rotatable bonds is 4. The second kappa shape index (κ2) is 4.87. The minimum atomic E-state index is -0.845. The summed E-state index contributed by atoms with van der Waals surface area (Å²) in [5, 5.41) is 9.00. The van der Waals surface area contributed by atoms with Crippen LogP contribution in [-0.4, -0.2) is 17.3 Å². The summed E-state index contributed by atoms with van der Waals surface area (Å²) in [4.78, 5) is 11.5. The molecule has 1 aromatic carbocycles. The van der Waals surface area contributed by atoms with Gasteiger partial charge in [0.1, 0.15) is 5.82 Å². The summed E-state index contributed by atoms with van der Waals surface area (Å²) >= 11 is 1.32. The molecule has 16 heavy (non-hydrogen) atoms. The van der Waals surface area contributed by atoms with Crippen LogP contribution >= 0.6 is 11.8 Å². The Morgan fingerprint density at radius 3 is 2.62 bits per heavy atom. The quantitative estimate of drug-likeness (QED) is 0.824. The standard InChI is InChI=1S/C12H15FO2S/c1-12(2,11(14)15)7-8-4-5-9(13)10(6-8)16-3/h4-6H,7H2,1-3H3,(H,14,15). The first-order valence-electron chi connectivity index (χ1n) is 4.92. The highest BCUT2D eigenvalue weighted by molar-refractivity contribution is 7.98. The molecule has 88 valence electrons. The molecule has 0 aromatic heterocycles. The molecular weight excluding hydrogens is 227 g/mol. The third-order valence-electron chi connectivity index (χ3n) is 2.44. The minimum Gasteiger partial charge on any atom is -0.481 e. The van der Waals surface area contributed by atoms with Gasteiger partial charge in [-0.25, -0.2) is 4.39 Å². The molecule has 0 aliphatic rings. The van der Waals surface area contributed by atoms with E-state index in [-0.39, 0.29) is 5.82 Å². The van der Waals surface area contributed by atoms with Crippen LogP contribution in [0.4, 0.5) is 4.39 Å². The predicted molar refractivity (Wildman–Crippen MR) is 63.3 cm³/mol. The zero-order chi connectivity index (χ0) is 12.3. The third kappa shape index (κ3) is 2.98. The Bertz CT molecular complexity index is 402. The smallest absolute Gasteiger partial charge is 0.309 e. The normalized spacial score (nSPS) is 11.5. The number of aliphatic carboxylic acids is 1. The van der Waals surface area contributed by atoms with Gasteiger partial charge in [0.2, 0.25) is 0 Å². The largest absolute Gasteiger partial charge is 0.481 e. The fourth-order valence-corrected chi connectivity index (χ4v) is 1.93. The molecule has 0 aliphatic carbocycles. The van der Waals surface area contributed by atoms with Gasteiger partial charge in [-0.1, -0.05) is 6.07 Å². The molecule has 0 saturated heterocycles. The molecule has 0 heterocycles. The second-order valence-electron chi connectivity index (χ2n) is 4.33. The van der Waals surface area contributed by atoms with E-state index in [2.05, 4.69) is 0 Å². The Hall–Kier alpha value is -1.03. The lowest BCUT2D eigenvalue weighted by molar-refractivity contribution is -0.146. The first kappa shape index (κ1) is 13.0. The highest BCUT2D eigenvalue weighted by Gasteiger charge is 2.27. The van der Waals surface area contributed by atoms with Crippen LogP contribution in [0.25, 0.3) is 0 Å². The van der Waals surface area contributed by atoms with Crippen molar-refractivity contribution >= 4 is 17.7 Å². The molecule has 1 aromatic rings. The van der Waals surface area contributed by atoms with Crippen LogP contribution in [0.15, 0.2) is 23.1 Å². The highest BCUT2D eigenvalue weighted by atomic mass is 32.2. The molecule has 4 heteroatoms. The van der Waals surface area contributed by atoms with Crippen LogP contribution in [0, 0.1) is 11.2 Å². The zero-order valence-electron chi connectivity index (χ0n) is 9.58. The van der Waals surface area contributed by atoms with E-state index < -0.39 is 11.4 Å². The molecule has 0 aliphatic heterocycles. The number of carboxylic acid groups (broad SMARTS) is 1. The number of halogens is 1. The van der Waals surface area contributed by atoms with Crippen LogP contribution < -0.4 is 0 Å². The Morgan fingerprint density at radius 1 is 1.50 bits per heavy atom. The molecule has 0 radical (unpaired) electrons. The Balaban J connectivity index is 2.94. The third-order valence-corrected chi connectivity index (χ3v) is 3.19. The van der Waals surface area contributed by atoms with Gasteiger partial charge in [-0.15, -0.1) is 11.8 Å². The lowest BCUT2D eigenvalue weighted by Gasteiger charge is -2.19. The van der Waals surface area contributed by atoms with Crippen molar-refractivity contribution in [1.82, 2.24) is 0 Å². The summed E-state index contributed by atoms with van der Waals surface area (Å²) in [6, 6.07) is 4.74. The van der Waals surface area contributed by atoms with Crippen LogP contribution in [0.3, 0.4) is 0 Å². The molecule has 0 bridgehead atoms. The number of thioether (sulfide) groups is 1. The van der Waals surface area contributed by atoms with Crippen molar-refractivity contribution in [2.45, 2.75) is 25.2 Å². The maximum atomic E-state index is 13.2. The molecule has 2 nitrogen and oxygen atoms in total. The van der Waals surface area contributed by atoms with Gasteiger partial charge in [-0.2, -0.15) is 0 Å². The summed E-state index contributed by atoms with van der Waals surface area (Å²) in [5.74, 6) is -1.10. The topological polar surface area (TPSA) is 37.3 Å². The summed E-state index contributed by atoms with van der Waals surface area (Å²) < 4.78 is 13.2. The van der Waals surface area contributed by atoms with Crippen LogP contribution in [0.2, 0.25) is 0 Å².